The maximum absolute atomic E-state index is 5.70. The quantitative estimate of drug-likeness (QED) is 0.749. The van der Waals surface area contributed by atoms with Crippen LogP contribution >= 0.6 is 0 Å². The van der Waals surface area contributed by atoms with E-state index in [9.17, 15) is 0 Å². The van der Waals surface area contributed by atoms with Gasteiger partial charge >= 0.3 is 0 Å². The first-order chi connectivity index (χ1) is 5.61. The molecule has 1 heterocycles. The van der Waals surface area contributed by atoms with E-state index in [1.54, 1.807) is 6.20 Å². The molecule has 1 aromatic rings. The first kappa shape index (κ1) is 9.26. The van der Waals surface area contributed by atoms with E-state index in [4.69, 9.17) is 10.3 Å². The van der Waals surface area contributed by atoms with E-state index in [2.05, 4.69) is 19.0 Å². The largest absolute Gasteiger partial charge is 0.359 e. The standard InChI is InChI=1S/C9H16N2O/c1-6(2)4-8-5-11-12-9(8)7(3)10/h5-7H,4,10H2,1-3H3. The molecule has 0 aliphatic heterocycles. The molecule has 2 N–H and O–H groups in total. The van der Waals surface area contributed by atoms with Crippen LogP contribution in [0.5, 0.6) is 0 Å². The van der Waals surface area contributed by atoms with Crippen molar-refractivity contribution in [3.8, 4) is 0 Å². The number of nitrogens with zero attached hydrogens (tertiary/aromatic N) is 1. The third-order valence-electron chi connectivity index (χ3n) is 1.72. The van der Waals surface area contributed by atoms with Gasteiger partial charge in [-0.3, -0.25) is 0 Å². The van der Waals surface area contributed by atoms with Crippen molar-refractivity contribution in [3.05, 3.63) is 17.5 Å². The highest BCUT2D eigenvalue weighted by Crippen LogP contribution is 2.18. The maximum atomic E-state index is 5.70. The molecule has 0 bridgehead atoms. The van der Waals surface area contributed by atoms with Crippen LogP contribution in [0.4, 0.5) is 0 Å². The summed E-state index contributed by atoms with van der Waals surface area (Å²) in [7, 11) is 0. The molecule has 68 valence electrons. The molecule has 0 aliphatic rings. The van der Waals surface area contributed by atoms with Crippen LogP contribution in [0.1, 0.15) is 38.1 Å². The van der Waals surface area contributed by atoms with Crippen LogP contribution in [0, 0.1) is 5.92 Å². The lowest BCUT2D eigenvalue weighted by Crippen LogP contribution is -2.07. The molecule has 0 spiro atoms. The summed E-state index contributed by atoms with van der Waals surface area (Å²) in [5.74, 6) is 1.44. The van der Waals surface area contributed by atoms with Crippen molar-refractivity contribution in [1.82, 2.24) is 5.16 Å². The second kappa shape index (κ2) is 3.72. The summed E-state index contributed by atoms with van der Waals surface area (Å²) < 4.78 is 5.05. The van der Waals surface area contributed by atoms with Crippen molar-refractivity contribution in [3.63, 3.8) is 0 Å². The fourth-order valence-electron chi connectivity index (χ4n) is 1.24. The highest BCUT2D eigenvalue weighted by Gasteiger charge is 2.12. The van der Waals surface area contributed by atoms with Crippen molar-refractivity contribution in [2.45, 2.75) is 33.2 Å². The van der Waals surface area contributed by atoms with Gasteiger partial charge in [0.15, 0.2) is 5.76 Å². The lowest BCUT2D eigenvalue weighted by atomic mass is 10.0. The van der Waals surface area contributed by atoms with Gasteiger partial charge in [-0.05, 0) is 19.3 Å². The zero-order valence-electron chi connectivity index (χ0n) is 7.87. The Morgan fingerprint density at radius 1 is 1.50 bits per heavy atom. The normalized spacial score (nSPS) is 13.8. The molecule has 0 aromatic carbocycles. The highest BCUT2D eigenvalue weighted by molar-refractivity contribution is 5.16. The highest BCUT2D eigenvalue weighted by atomic mass is 16.5. The molecule has 12 heavy (non-hydrogen) atoms. The van der Waals surface area contributed by atoms with Crippen LogP contribution in [0.15, 0.2) is 10.7 Å². The van der Waals surface area contributed by atoms with E-state index in [0.29, 0.717) is 5.92 Å². The molecule has 0 saturated carbocycles. The van der Waals surface area contributed by atoms with Crippen molar-refractivity contribution in [2.75, 3.05) is 0 Å². The Hall–Kier alpha value is -0.830. The van der Waals surface area contributed by atoms with E-state index in [-0.39, 0.29) is 6.04 Å². The summed E-state index contributed by atoms with van der Waals surface area (Å²) in [6.45, 7) is 6.24. The second-order valence-electron chi connectivity index (χ2n) is 3.60. The van der Waals surface area contributed by atoms with Gasteiger partial charge in [0, 0.05) is 5.56 Å². The molecule has 0 saturated heterocycles. The van der Waals surface area contributed by atoms with Crippen molar-refractivity contribution >= 4 is 0 Å². The van der Waals surface area contributed by atoms with Crippen molar-refractivity contribution < 1.29 is 4.52 Å². The van der Waals surface area contributed by atoms with Crippen LogP contribution in [-0.2, 0) is 6.42 Å². The fraction of sp³-hybridized carbons (Fsp3) is 0.667. The monoisotopic (exact) mass is 168 g/mol. The minimum Gasteiger partial charge on any atom is -0.359 e. The van der Waals surface area contributed by atoms with Crippen molar-refractivity contribution in [2.24, 2.45) is 11.7 Å². The number of hydrogen-bond acceptors (Lipinski definition) is 3. The Balaban J connectivity index is 2.77. The summed E-state index contributed by atoms with van der Waals surface area (Å²) in [5.41, 5.74) is 6.84. The molecule has 0 aliphatic carbocycles. The summed E-state index contributed by atoms with van der Waals surface area (Å²) in [6, 6.07) is -0.0544. The molecule has 1 aromatic heterocycles. The van der Waals surface area contributed by atoms with Crippen molar-refractivity contribution in [1.29, 1.82) is 0 Å². The van der Waals surface area contributed by atoms with E-state index in [1.165, 1.54) is 0 Å². The molecular weight excluding hydrogens is 152 g/mol. The van der Waals surface area contributed by atoms with Gasteiger partial charge < -0.3 is 10.3 Å². The second-order valence-corrected chi connectivity index (χ2v) is 3.60. The molecule has 1 unspecified atom stereocenters. The van der Waals surface area contributed by atoms with Gasteiger partial charge in [-0.2, -0.15) is 0 Å². The number of nitrogens with two attached hydrogens (primary N) is 1. The summed E-state index contributed by atoms with van der Waals surface area (Å²) in [4.78, 5) is 0. The van der Waals surface area contributed by atoms with E-state index < -0.39 is 0 Å². The third kappa shape index (κ3) is 2.08. The van der Waals surface area contributed by atoms with Crippen LogP contribution in [0.25, 0.3) is 0 Å². The Morgan fingerprint density at radius 2 is 2.17 bits per heavy atom. The van der Waals surface area contributed by atoms with E-state index >= 15 is 0 Å². The van der Waals surface area contributed by atoms with Crippen LogP contribution < -0.4 is 5.73 Å². The fourth-order valence-corrected chi connectivity index (χ4v) is 1.24. The van der Waals surface area contributed by atoms with Crippen LogP contribution in [-0.4, -0.2) is 5.16 Å². The molecule has 0 fully saturated rings. The van der Waals surface area contributed by atoms with E-state index in [1.807, 2.05) is 6.92 Å². The zero-order chi connectivity index (χ0) is 9.14. The Labute approximate surface area is 72.9 Å². The van der Waals surface area contributed by atoms with Crippen LogP contribution in [0.3, 0.4) is 0 Å². The third-order valence-corrected chi connectivity index (χ3v) is 1.72. The molecule has 3 heteroatoms. The van der Waals surface area contributed by atoms with Gasteiger partial charge in [-0.15, -0.1) is 0 Å². The molecular formula is C9H16N2O. The number of aromatic nitrogens is 1. The predicted octanol–water partition coefficient (Wildman–Crippen LogP) is 1.89. The molecule has 1 rings (SSSR count). The maximum Gasteiger partial charge on any atom is 0.156 e. The minimum atomic E-state index is -0.0544. The molecule has 0 amide bonds. The van der Waals surface area contributed by atoms with Gasteiger partial charge in [0.25, 0.3) is 0 Å². The zero-order valence-corrected chi connectivity index (χ0v) is 7.87. The minimum absolute atomic E-state index is 0.0544. The average Bonchev–Trinajstić information content (AvgIpc) is 2.33. The van der Waals surface area contributed by atoms with Gasteiger partial charge in [0.2, 0.25) is 0 Å². The molecule has 0 radical (unpaired) electrons. The first-order valence-electron chi connectivity index (χ1n) is 4.30. The average molecular weight is 168 g/mol. The van der Waals surface area contributed by atoms with Gasteiger partial charge in [0.1, 0.15) is 0 Å². The molecule has 1 atom stereocenters. The Kier molecular flexibility index (Phi) is 2.87. The summed E-state index contributed by atoms with van der Waals surface area (Å²) in [5, 5.41) is 3.74. The molecule has 3 nitrogen and oxygen atoms in total. The summed E-state index contributed by atoms with van der Waals surface area (Å²) in [6.07, 6.45) is 2.75. The van der Waals surface area contributed by atoms with E-state index in [0.717, 1.165) is 17.7 Å². The number of hydrogen-bond donors (Lipinski definition) is 1. The lowest BCUT2D eigenvalue weighted by molar-refractivity contribution is 0.365. The SMILES string of the molecule is CC(C)Cc1cnoc1C(C)N. The summed E-state index contributed by atoms with van der Waals surface area (Å²) >= 11 is 0. The lowest BCUT2D eigenvalue weighted by Gasteiger charge is -2.05. The van der Waals surface area contributed by atoms with Crippen LogP contribution in [0.2, 0.25) is 0 Å². The smallest absolute Gasteiger partial charge is 0.156 e. The Morgan fingerprint density at radius 3 is 2.67 bits per heavy atom. The Bertz CT molecular complexity index is 240. The predicted molar refractivity (Wildman–Crippen MR) is 47.6 cm³/mol. The first-order valence-corrected chi connectivity index (χ1v) is 4.30. The van der Waals surface area contributed by atoms with Gasteiger partial charge in [-0.25, -0.2) is 0 Å². The van der Waals surface area contributed by atoms with Gasteiger partial charge in [-0.1, -0.05) is 19.0 Å². The van der Waals surface area contributed by atoms with Gasteiger partial charge in [0.05, 0.1) is 12.2 Å². The number of rotatable bonds is 3. The topological polar surface area (TPSA) is 52.0 Å².